The largest absolute Gasteiger partial charge is 0.398 e. The van der Waals surface area contributed by atoms with Crippen molar-refractivity contribution in [1.82, 2.24) is 4.90 Å². The minimum absolute atomic E-state index is 0.0779. The highest BCUT2D eigenvalue weighted by Gasteiger charge is 2.18. The molecule has 0 atom stereocenters. The molecule has 0 spiro atoms. The van der Waals surface area contributed by atoms with E-state index >= 15 is 0 Å². The standard InChI is InChI=1S/C16H23N3O2/c1-12-13(17)7-6-8-14(12)18-15(20)11-19-10-5-3-2-4-9-16(19)21/h6-8H,2-5,9-11,17H2,1H3,(H,18,20). The van der Waals surface area contributed by atoms with Crippen molar-refractivity contribution in [2.45, 2.75) is 39.0 Å². The number of hydrogen-bond acceptors (Lipinski definition) is 3. The number of nitrogens with two attached hydrogens (primary N) is 1. The normalized spacial score (nSPS) is 16.2. The number of nitrogens with one attached hydrogen (secondary N) is 1. The second-order valence-electron chi connectivity index (χ2n) is 5.55. The van der Waals surface area contributed by atoms with E-state index in [1.807, 2.05) is 13.0 Å². The average Bonchev–Trinajstić information content (AvgIpc) is 2.44. The van der Waals surface area contributed by atoms with E-state index in [0.717, 1.165) is 31.2 Å². The molecule has 3 N–H and O–H groups in total. The molecule has 1 aliphatic rings. The van der Waals surface area contributed by atoms with E-state index in [1.165, 1.54) is 0 Å². The fraction of sp³-hybridized carbons (Fsp3) is 0.500. The predicted molar refractivity (Wildman–Crippen MR) is 83.9 cm³/mol. The van der Waals surface area contributed by atoms with Crippen molar-refractivity contribution in [3.8, 4) is 0 Å². The third-order valence-electron chi connectivity index (χ3n) is 3.91. The summed E-state index contributed by atoms with van der Waals surface area (Å²) in [6.45, 7) is 2.65. The molecule has 2 rings (SSSR count). The Bertz CT molecular complexity index is 528. The summed E-state index contributed by atoms with van der Waals surface area (Å²) in [4.78, 5) is 25.8. The molecule has 1 aromatic carbocycles. The summed E-state index contributed by atoms with van der Waals surface area (Å²) in [5.41, 5.74) is 8.03. The summed E-state index contributed by atoms with van der Waals surface area (Å²) in [5.74, 6) is -0.0910. The third kappa shape index (κ3) is 4.21. The number of likely N-dealkylation sites (tertiary alicyclic amines) is 1. The van der Waals surface area contributed by atoms with Crippen molar-refractivity contribution >= 4 is 23.2 Å². The van der Waals surface area contributed by atoms with Gasteiger partial charge in [-0.15, -0.1) is 0 Å². The highest BCUT2D eigenvalue weighted by atomic mass is 16.2. The highest BCUT2D eigenvalue weighted by molar-refractivity contribution is 5.95. The molecule has 5 heteroatoms. The first-order chi connectivity index (χ1) is 10.1. The van der Waals surface area contributed by atoms with Crippen LogP contribution in [0.3, 0.4) is 0 Å². The van der Waals surface area contributed by atoms with Crippen molar-refractivity contribution in [1.29, 1.82) is 0 Å². The number of carbonyl (C=O) groups excluding carboxylic acids is 2. The molecule has 1 fully saturated rings. The SMILES string of the molecule is Cc1c(N)cccc1NC(=O)CN1CCCCCCC1=O. The van der Waals surface area contributed by atoms with Crippen LogP contribution in [0.4, 0.5) is 11.4 Å². The van der Waals surface area contributed by atoms with Crippen molar-refractivity contribution in [3.63, 3.8) is 0 Å². The first-order valence-corrected chi connectivity index (χ1v) is 7.50. The molecule has 0 radical (unpaired) electrons. The molecule has 21 heavy (non-hydrogen) atoms. The molecule has 0 aromatic heterocycles. The van der Waals surface area contributed by atoms with Crippen LogP contribution in [0.5, 0.6) is 0 Å². The maximum atomic E-state index is 12.1. The summed E-state index contributed by atoms with van der Waals surface area (Å²) < 4.78 is 0. The second kappa shape index (κ2) is 7.11. The van der Waals surface area contributed by atoms with E-state index in [1.54, 1.807) is 17.0 Å². The second-order valence-corrected chi connectivity index (χ2v) is 5.55. The number of nitrogen functional groups attached to an aromatic ring is 1. The van der Waals surface area contributed by atoms with Crippen LogP contribution in [0.1, 0.15) is 37.7 Å². The van der Waals surface area contributed by atoms with Crippen molar-refractivity contribution in [2.75, 3.05) is 24.1 Å². The van der Waals surface area contributed by atoms with Crippen LogP contribution in [0.15, 0.2) is 18.2 Å². The Hall–Kier alpha value is -2.04. The molecular formula is C16H23N3O2. The van der Waals surface area contributed by atoms with Gasteiger partial charge < -0.3 is 16.0 Å². The van der Waals surface area contributed by atoms with Gasteiger partial charge in [-0.3, -0.25) is 9.59 Å². The van der Waals surface area contributed by atoms with Gasteiger partial charge in [-0.1, -0.05) is 18.9 Å². The van der Waals surface area contributed by atoms with Gasteiger partial charge in [-0.25, -0.2) is 0 Å². The Labute approximate surface area is 125 Å². The summed E-state index contributed by atoms with van der Waals surface area (Å²) in [7, 11) is 0. The lowest BCUT2D eigenvalue weighted by Gasteiger charge is -2.24. The molecule has 114 valence electrons. The predicted octanol–water partition coefficient (Wildman–Crippen LogP) is 2.31. The third-order valence-corrected chi connectivity index (χ3v) is 3.91. The summed E-state index contributed by atoms with van der Waals surface area (Å²) in [6.07, 6.45) is 4.67. The highest BCUT2D eigenvalue weighted by Crippen LogP contribution is 2.20. The van der Waals surface area contributed by atoms with Crippen molar-refractivity contribution in [3.05, 3.63) is 23.8 Å². The Kier molecular flexibility index (Phi) is 5.20. The lowest BCUT2D eigenvalue weighted by molar-refractivity contribution is -0.135. The summed E-state index contributed by atoms with van der Waals surface area (Å²) in [5, 5.41) is 2.84. The van der Waals surface area contributed by atoms with Crippen LogP contribution < -0.4 is 11.1 Å². The zero-order valence-electron chi connectivity index (χ0n) is 12.5. The number of hydrogen-bond donors (Lipinski definition) is 2. The van der Waals surface area contributed by atoms with Gasteiger partial charge in [0, 0.05) is 24.3 Å². The summed E-state index contributed by atoms with van der Waals surface area (Å²) >= 11 is 0. The Morgan fingerprint density at radius 2 is 2.05 bits per heavy atom. The van der Waals surface area contributed by atoms with Crippen LogP contribution in [0.2, 0.25) is 0 Å². The minimum Gasteiger partial charge on any atom is -0.398 e. The molecule has 0 bridgehead atoms. The molecule has 2 amide bonds. The van der Waals surface area contributed by atoms with Gasteiger partial charge in [0.05, 0.1) is 6.54 Å². The van der Waals surface area contributed by atoms with Gasteiger partial charge in [-0.2, -0.15) is 0 Å². The van der Waals surface area contributed by atoms with Gasteiger partial charge in [0.1, 0.15) is 0 Å². The van der Waals surface area contributed by atoms with Crippen LogP contribution in [0.25, 0.3) is 0 Å². The topological polar surface area (TPSA) is 75.4 Å². The van der Waals surface area contributed by atoms with Crippen LogP contribution >= 0.6 is 0 Å². The van der Waals surface area contributed by atoms with E-state index in [-0.39, 0.29) is 18.4 Å². The Balaban J connectivity index is 1.96. The molecule has 1 aromatic rings. The molecule has 0 unspecified atom stereocenters. The lowest BCUT2D eigenvalue weighted by Crippen LogP contribution is -2.39. The number of nitrogens with zero attached hydrogens (tertiary/aromatic N) is 1. The van der Waals surface area contributed by atoms with Crippen molar-refractivity contribution < 1.29 is 9.59 Å². The maximum Gasteiger partial charge on any atom is 0.244 e. The minimum atomic E-state index is -0.169. The molecule has 0 aliphatic carbocycles. The van der Waals surface area contributed by atoms with E-state index in [4.69, 9.17) is 5.73 Å². The first-order valence-electron chi connectivity index (χ1n) is 7.50. The fourth-order valence-electron chi connectivity index (χ4n) is 2.53. The molecule has 1 heterocycles. The van der Waals surface area contributed by atoms with Crippen molar-refractivity contribution in [2.24, 2.45) is 0 Å². The van der Waals surface area contributed by atoms with Gasteiger partial charge in [0.2, 0.25) is 11.8 Å². The zero-order chi connectivity index (χ0) is 15.2. The van der Waals surface area contributed by atoms with E-state index in [2.05, 4.69) is 5.32 Å². The quantitative estimate of drug-likeness (QED) is 0.838. The number of carbonyl (C=O) groups is 2. The monoisotopic (exact) mass is 289 g/mol. The molecule has 1 saturated heterocycles. The number of amides is 2. The Morgan fingerprint density at radius 1 is 1.29 bits per heavy atom. The van der Waals surface area contributed by atoms with Gasteiger partial charge in [-0.05, 0) is 37.5 Å². The fourth-order valence-corrected chi connectivity index (χ4v) is 2.53. The number of rotatable bonds is 3. The van der Waals surface area contributed by atoms with Crippen LogP contribution in [-0.2, 0) is 9.59 Å². The van der Waals surface area contributed by atoms with Gasteiger partial charge >= 0.3 is 0 Å². The zero-order valence-corrected chi connectivity index (χ0v) is 12.5. The molecule has 5 nitrogen and oxygen atoms in total. The number of benzene rings is 1. The molecule has 1 aliphatic heterocycles. The van der Waals surface area contributed by atoms with E-state index in [9.17, 15) is 9.59 Å². The Morgan fingerprint density at radius 3 is 2.86 bits per heavy atom. The maximum absolute atomic E-state index is 12.1. The number of anilines is 2. The molecular weight excluding hydrogens is 266 g/mol. The smallest absolute Gasteiger partial charge is 0.244 e. The van der Waals surface area contributed by atoms with Gasteiger partial charge in [0.15, 0.2) is 0 Å². The molecule has 0 saturated carbocycles. The van der Waals surface area contributed by atoms with Crippen LogP contribution in [-0.4, -0.2) is 29.8 Å². The van der Waals surface area contributed by atoms with Crippen LogP contribution in [0, 0.1) is 6.92 Å². The average molecular weight is 289 g/mol. The first kappa shape index (κ1) is 15.4. The lowest BCUT2D eigenvalue weighted by atomic mass is 10.1. The summed E-state index contributed by atoms with van der Waals surface area (Å²) in [6, 6.07) is 5.42. The van der Waals surface area contributed by atoms with E-state index < -0.39 is 0 Å². The van der Waals surface area contributed by atoms with Gasteiger partial charge in [0.25, 0.3) is 0 Å². The van der Waals surface area contributed by atoms with E-state index in [0.29, 0.717) is 24.3 Å².